The Bertz CT molecular complexity index is 463. The summed E-state index contributed by atoms with van der Waals surface area (Å²) in [7, 11) is 0. The molecule has 0 spiro atoms. The first-order valence-corrected chi connectivity index (χ1v) is 6.56. The highest BCUT2D eigenvalue weighted by Gasteiger charge is 2.29. The Kier molecular flexibility index (Phi) is 4.02. The fourth-order valence-electron chi connectivity index (χ4n) is 2.05. The maximum absolute atomic E-state index is 13.7. The fraction of sp³-hybridized carbons (Fsp3) is 0.500. The highest BCUT2D eigenvalue weighted by Crippen LogP contribution is 2.32. The second kappa shape index (κ2) is 5.55. The quantitative estimate of drug-likeness (QED) is 0.862. The lowest BCUT2D eigenvalue weighted by molar-refractivity contribution is 0.0935. The summed E-state index contributed by atoms with van der Waals surface area (Å²) >= 11 is 0. The molecule has 104 valence electrons. The van der Waals surface area contributed by atoms with E-state index in [0.717, 1.165) is 25.0 Å². The Morgan fingerprint density at radius 3 is 2.42 bits per heavy atom. The molecule has 19 heavy (non-hydrogen) atoms. The fourth-order valence-corrected chi connectivity index (χ4v) is 2.05. The molecule has 1 amide bonds. The summed E-state index contributed by atoms with van der Waals surface area (Å²) in [5.41, 5.74) is -0.168. The van der Waals surface area contributed by atoms with E-state index in [2.05, 4.69) is 10.6 Å². The molecule has 0 radical (unpaired) electrons. The second-order valence-corrected chi connectivity index (χ2v) is 4.94. The highest BCUT2D eigenvalue weighted by atomic mass is 19.1. The van der Waals surface area contributed by atoms with Gasteiger partial charge < -0.3 is 10.6 Å². The lowest BCUT2D eigenvalue weighted by Crippen LogP contribution is -2.34. The Hall–Kier alpha value is -1.65. The van der Waals surface area contributed by atoms with Crippen molar-refractivity contribution in [2.75, 3.05) is 11.9 Å². The van der Waals surface area contributed by atoms with Gasteiger partial charge in [-0.1, -0.05) is 0 Å². The van der Waals surface area contributed by atoms with Gasteiger partial charge in [0.2, 0.25) is 0 Å². The third-order valence-corrected chi connectivity index (χ3v) is 3.35. The lowest BCUT2D eigenvalue weighted by Gasteiger charge is -2.14. The monoisotopic (exact) mass is 268 g/mol. The van der Waals surface area contributed by atoms with Crippen LogP contribution >= 0.6 is 0 Å². The van der Waals surface area contributed by atoms with Crippen molar-refractivity contribution >= 4 is 11.6 Å². The van der Waals surface area contributed by atoms with E-state index in [4.69, 9.17) is 0 Å². The van der Waals surface area contributed by atoms with E-state index in [1.165, 1.54) is 0 Å². The number of anilines is 1. The zero-order valence-electron chi connectivity index (χ0n) is 11.1. The normalized spacial score (nSPS) is 16.0. The van der Waals surface area contributed by atoms with Crippen molar-refractivity contribution in [3.63, 3.8) is 0 Å². The van der Waals surface area contributed by atoms with E-state index >= 15 is 0 Å². The van der Waals surface area contributed by atoms with Crippen molar-refractivity contribution in [3.8, 4) is 0 Å². The van der Waals surface area contributed by atoms with Crippen molar-refractivity contribution in [3.05, 3.63) is 29.3 Å². The van der Waals surface area contributed by atoms with Crippen molar-refractivity contribution in [1.29, 1.82) is 0 Å². The van der Waals surface area contributed by atoms with Crippen LogP contribution in [0.1, 0.15) is 37.0 Å². The molecule has 1 saturated carbocycles. The minimum Gasteiger partial charge on any atom is -0.381 e. The van der Waals surface area contributed by atoms with Gasteiger partial charge in [-0.2, -0.15) is 0 Å². The maximum Gasteiger partial charge on any atom is 0.251 e. The molecule has 0 saturated heterocycles. The number of benzene rings is 1. The average molecular weight is 268 g/mol. The zero-order chi connectivity index (χ0) is 14.0. The van der Waals surface area contributed by atoms with Crippen LogP contribution in [0, 0.1) is 17.6 Å². The van der Waals surface area contributed by atoms with E-state index in [1.807, 2.05) is 6.92 Å². The van der Waals surface area contributed by atoms with Gasteiger partial charge in [0.25, 0.3) is 5.91 Å². The molecular formula is C14H18F2N2O. The third-order valence-electron chi connectivity index (χ3n) is 3.35. The van der Waals surface area contributed by atoms with Gasteiger partial charge in [0.1, 0.15) is 17.3 Å². The summed E-state index contributed by atoms with van der Waals surface area (Å²) in [6.07, 6.45) is 2.20. The second-order valence-electron chi connectivity index (χ2n) is 4.94. The van der Waals surface area contributed by atoms with E-state index in [0.29, 0.717) is 12.5 Å². The van der Waals surface area contributed by atoms with Crippen LogP contribution in [0.2, 0.25) is 0 Å². The molecule has 1 unspecified atom stereocenters. The minimum atomic E-state index is -0.744. The molecule has 1 aliphatic rings. The van der Waals surface area contributed by atoms with E-state index in [-0.39, 0.29) is 17.3 Å². The maximum atomic E-state index is 13.7. The molecular weight excluding hydrogens is 250 g/mol. The number of hydrogen-bond acceptors (Lipinski definition) is 2. The Labute approximate surface area is 111 Å². The van der Waals surface area contributed by atoms with Crippen molar-refractivity contribution in [1.82, 2.24) is 5.32 Å². The number of hydrogen-bond donors (Lipinski definition) is 2. The molecule has 3 nitrogen and oxygen atoms in total. The van der Waals surface area contributed by atoms with Crippen LogP contribution in [0.4, 0.5) is 14.5 Å². The third kappa shape index (κ3) is 3.22. The number of carbonyl (C=O) groups excluding carboxylic acids is 1. The summed E-state index contributed by atoms with van der Waals surface area (Å²) in [6.45, 7) is 4.07. The molecule has 1 aromatic carbocycles. The molecule has 1 aromatic rings. The summed E-state index contributed by atoms with van der Waals surface area (Å²) in [5, 5.41) is 5.37. The first kappa shape index (κ1) is 13.8. The number of rotatable bonds is 5. The Morgan fingerprint density at radius 1 is 1.37 bits per heavy atom. The van der Waals surface area contributed by atoms with Crippen LogP contribution in [-0.4, -0.2) is 18.5 Å². The molecule has 1 aliphatic carbocycles. The predicted octanol–water partition coefficient (Wildman–Crippen LogP) is 2.92. The van der Waals surface area contributed by atoms with E-state index in [1.54, 1.807) is 6.92 Å². The summed E-state index contributed by atoms with van der Waals surface area (Å²) in [5.74, 6) is -1.42. The average Bonchev–Trinajstić information content (AvgIpc) is 3.17. The molecule has 2 rings (SSSR count). The zero-order valence-corrected chi connectivity index (χ0v) is 11.1. The van der Waals surface area contributed by atoms with Crippen LogP contribution in [0.3, 0.4) is 0 Å². The van der Waals surface area contributed by atoms with Gasteiger partial charge >= 0.3 is 0 Å². The number of halogens is 2. The van der Waals surface area contributed by atoms with Crippen LogP contribution in [-0.2, 0) is 0 Å². The SMILES string of the molecule is CCNc1c(F)cc(C(=O)NC(C)C2CC2)cc1F. The van der Waals surface area contributed by atoms with Gasteiger partial charge in [-0.15, -0.1) is 0 Å². The van der Waals surface area contributed by atoms with E-state index < -0.39 is 17.5 Å². The van der Waals surface area contributed by atoms with Crippen molar-refractivity contribution in [2.45, 2.75) is 32.7 Å². The molecule has 1 fully saturated rings. The summed E-state index contributed by atoms with van der Waals surface area (Å²) < 4.78 is 27.4. The van der Waals surface area contributed by atoms with Crippen LogP contribution < -0.4 is 10.6 Å². The van der Waals surface area contributed by atoms with Gasteiger partial charge in [0.15, 0.2) is 0 Å². The van der Waals surface area contributed by atoms with Gasteiger partial charge in [0, 0.05) is 18.2 Å². The van der Waals surface area contributed by atoms with Gasteiger partial charge in [-0.05, 0) is 44.7 Å². The molecule has 0 aliphatic heterocycles. The van der Waals surface area contributed by atoms with E-state index in [9.17, 15) is 13.6 Å². The molecule has 0 heterocycles. The Balaban J connectivity index is 2.13. The van der Waals surface area contributed by atoms with Gasteiger partial charge in [-0.3, -0.25) is 4.79 Å². The molecule has 1 atom stereocenters. The minimum absolute atomic E-state index is 0.0177. The smallest absolute Gasteiger partial charge is 0.251 e. The standard InChI is InChI=1S/C14H18F2N2O/c1-3-17-13-11(15)6-10(7-12(13)16)14(19)18-8(2)9-4-5-9/h6-9,17H,3-5H2,1-2H3,(H,18,19). The van der Waals surface area contributed by atoms with Crippen molar-refractivity contribution < 1.29 is 13.6 Å². The highest BCUT2D eigenvalue weighted by molar-refractivity contribution is 5.94. The summed E-state index contributed by atoms with van der Waals surface area (Å²) in [6, 6.07) is 2.18. The molecule has 0 bridgehead atoms. The van der Waals surface area contributed by atoms with Crippen LogP contribution in [0.5, 0.6) is 0 Å². The first-order valence-electron chi connectivity index (χ1n) is 6.56. The first-order chi connectivity index (χ1) is 9.02. The molecule has 2 N–H and O–H groups in total. The van der Waals surface area contributed by atoms with Crippen LogP contribution in [0.15, 0.2) is 12.1 Å². The number of amides is 1. The topological polar surface area (TPSA) is 41.1 Å². The predicted molar refractivity (Wildman–Crippen MR) is 70.2 cm³/mol. The lowest BCUT2D eigenvalue weighted by atomic mass is 10.1. The van der Waals surface area contributed by atoms with Gasteiger partial charge in [-0.25, -0.2) is 8.78 Å². The van der Waals surface area contributed by atoms with Gasteiger partial charge in [0.05, 0.1) is 0 Å². The van der Waals surface area contributed by atoms with Crippen LogP contribution in [0.25, 0.3) is 0 Å². The summed E-state index contributed by atoms with van der Waals surface area (Å²) in [4.78, 5) is 11.9. The molecule has 5 heteroatoms. The largest absolute Gasteiger partial charge is 0.381 e. The van der Waals surface area contributed by atoms with Crippen molar-refractivity contribution in [2.24, 2.45) is 5.92 Å². The Morgan fingerprint density at radius 2 is 1.95 bits per heavy atom. The molecule has 0 aromatic heterocycles. The number of carbonyl (C=O) groups is 1. The number of nitrogens with one attached hydrogen (secondary N) is 2.